The van der Waals surface area contributed by atoms with E-state index in [0.717, 1.165) is 10.9 Å². The summed E-state index contributed by atoms with van der Waals surface area (Å²) in [4.78, 5) is 81.5. The second-order valence-electron chi connectivity index (χ2n) is 5.48. The van der Waals surface area contributed by atoms with E-state index in [9.17, 15) is 33.0 Å². The molecule has 0 spiro atoms. The second-order valence-corrected chi connectivity index (χ2v) is 9.86. The van der Waals surface area contributed by atoms with Crippen LogP contribution in [-0.2, 0) is 41.2 Å². The van der Waals surface area contributed by atoms with E-state index < -0.39 is 48.0 Å². The van der Waals surface area contributed by atoms with Gasteiger partial charge < -0.3 is 39.4 Å². The van der Waals surface area contributed by atoms with Crippen LogP contribution in [0.1, 0.15) is 6.23 Å². The first-order valence-corrected chi connectivity index (χ1v) is 12.2. The fraction of sp³-hybridized carbons (Fsp3) is 0.300. The maximum absolute atomic E-state index is 11.8. The summed E-state index contributed by atoms with van der Waals surface area (Å²) in [5.74, 6) is -0.334. The van der Waals surface area contributed by atoms with Crippen molar-refractivity contribution in [3.63, 3.8) is 0 Å². The maximum atomic E-state index is 11.8. The summed E-state index contributed by atoms with van der Waals surface area (Å²) in [6, 6.07) is 0. The molecular weight excluding hydrogens is 530 g/mol. The summed E-state index contributed by atoms with van der Waals surface area (Å²) in [6.45, 7) is -1.21. The number of H-pyrrole nitrogens is 1. The monoisotopic (exact) mass is 543 g/mol. The van der Waals surface area contributed by atoms with Crippen molar-refractivity contribution >= 4 is 53.2 Å². The van der Waals surface area contributed by atoms with E-state index in [1.54, 1.807) is 0 Å². The first kappa shape index (κ1) is 29.9. The quantitative estimate of drug-likeness (QED) is 0.0948. The Morgan fingerprint density at radius 3 is 2.39 bits per heavy atom. The smallest absolute Gasteiger partial charge is 0.756 e. The molecule has 0 aliphatic rings. The number of rotatable bonds is 12. The van der Waals surface area contributed by atoms with Gasteiger partial charge in [-0.2, -0.15) is 9.29 Å². The van der Waals surface area contributed by atoms with Crippen LogP contribution in [0.3, 0.4) is 0 Å². The number of hydrogen-bond donors (Lipinski definition) is 5. The van der Waals surface area contributed by atoms with E-state index in [0.29, 0.717) is 0 Å². The van der Waals surface area contributed by atoms with Gasteiger partial charge in [-0.3, -0.25) is 23.7 Å². The molecule has 19 nitrogen and oxygen atoms in total. The van der Waals surface area contributed by atoms with E-state index in [2.05, 4.69) is 28.1 Å². The molecule has 0 aliphatic carbocycles. The van der Waals surface area contributed by atoms with Crippen molar-refractivity contribution in [1.29, 1.82) is 0 Å². The fourth-order valence-electron chi connectivity index (χ4n) is 2.05. The molecule has 2 heterocycles. The molecule has 4 unspecified atom stereocenters. The van der Waals surface area contributed by atoms with Crippen LogP contribution in [0.4, 0.5) is 5.95 Å². The van der Waals surface area contributed by atoms with E-state index in [4.69, 9.17) is 25.2 Å². The van der Waals surface area contributed by atoms with Gasteiger partial charge in [-0.1, -0.05) is 0 Å². The molecule has 0 amide bonds. The minimum Gasteiger partial charge on any atom is -0.756 e. The van der Waals surface area contributed by atoms with E-state index in [1.807, 2.05) is 0 Å². The molecule has 23 heteroatoms. The number of nitrogens with zero attached hydrogens (tertiary/aromatic N) is 3. The van der Waals surface area contributed by atoms with Gasteiger partial charge in [0, 0.05) is 0 Å². The van der Waals surface area contributed by atoms with Crippen molar-refractivity contribution in [2.45, 2.75) is 12.3 Å². The molecule has 0 bridgehead atoms. The zero-order valence-corrected chi connectivity index (χ0v) is 20.9. The molecule has 0 radical (unpaired) electrons. The Balaban J connectivity index is 0.00000544. The first-order valence-electron chi connectivity index (χ1n) is 7.71. The molecular formula is C10H13N5NaO14P3. The van der Waals surface area contributed by atoms with Crippen LogP contribution in [0.2, 0.25) is 0 Å². The Kier molecular flexibility index (Phi) is 10.4. The third kappa shape index (κ3) is 8.86. The molecule has 4 atom stereocenters. The van der Waals surface area contributed by atoms with Crippen molar-refractivity contribution < 1.29 is 90.3 Å². The molecule has 6 N–H and O–H groups in total. The van der Waals surface area contributed by atoms with Crippen LogP contribution in [0.15, 0.2) is 11.1 Å². The molecule has 2 aromatic rings. The average Bonchev–Trinajstić information content (AvgIpc) is 3.03. The second kappa shape index (κ2) is 11.5. The Bertz CT molecular complexity index is 1210. The maximum Gasteiger partial charge on any atom is 1.00 e. The number of hydrogen-bond acceptors (Lipinski definition) is 14. The predicted molar refractivity (Wildman–Crippen MR) is 96.2 cm³/mol. The summed E-state index contributed by atoms with van der Waals surface area (Å²) in [7, 11) is -17.2. The van der Waals surface area contributed by atoms with Crippen molar-refractivity contribution in [2.75, 3.05) is 12.3 Å². The number of aldehydes is 2. The number of nitrogens with two attached hydrogens (primary N) is 1. The number of anilines is 1. The third-order valence-corrected chi connectivity index (χ3v) is 6.88. The largest absolute Gasteiger partial charge is 1.00 e. The van der Waals surface area contributed by atoms with Gasteiger partial charge in [0.1, 0.15) is 6.10 Å². The van der Waals surface area contributed by atoms with Crippen LogP contribution >= 0.6 is 23.5 Å². The Morgan fingerprint density at radius 1 is 1.21 bits per heavy atom. The van der Waals surface area contributed by atoms with Crippen molar-refractivity contribution in [2.24, 2.45) is 0 Å². The topological polar surface area (TPSA) is 296 Å². The summed E-state index contributed by atoms with van der Waals surface area (Å²) >= 11 is 0. The number of fused-ring (bicyclic) bond motifs is 1. The Hall–Kier alpha value is -1.14. The number of aromatic nitrogens is 4. The average molecular weight is 543 g/mol. The van der Waals surface area contributed by atoms with E-state index in [1.165, 1.54) is 0 Å². The number of phosphoric acid groups is 3. The SMILES string of the molecule is Nc1nc2c(ncn2C(C=O)OC(C=O)COP(=O)([O-])OP(=O)(O)OP(=O)(O)O)c(=O)[nH]1.[Na+]. The third-order valence-electron chi connectivity index (χ3n) is 3.12. The molecule has 0 aliphatic heterocycles. The van der Waals surface area contributed by atoms with Crippen LogP contribution < -0.4 is 45.7 Å². The van der Waals surface area contributed by atoms with Gasteiger partial charge in [0.15, 0.2) is 30.0 Å². The fourth-order valence-corrected chi connectivity index (χ4v) is 5.04. The number of phosphoric ester groups is 1. The van der Waals surface area contributed by atoms with Crippen LogP contribution in [0.5, 0.6) is 0 Å². The summed E-state index contributed by atoms with van der Waals surface area (Å²) < 4.78 is 50.3. The van der Waals surface area contributed by atoms with E-state index >= 15 is 0 Å². The minimum atomic E-state index is -5.83. The Morgan fingerprint density at radius 2 is 1.85 bits per heavy atom. The van der Waals surface area contributed by atoms with E-state index in [-0.39, 0.29) is 59.2 Å². The predicted octanol–water partition coefficient (Wildman–Crippen LogP) is -5.30. The van der Waals surface area contributed by atoms with Gasteiger partial charge in [0.05, 0.1) is 12.9 Å². The summed E-state index contributed by atoms with van der Waals surface area (Å²) in [5.41, 5.74) is 4.20. The molecule has 0 saturated carbocycles. The minimum absolute atomic E-state index is 0. The molecule has 0 saturated heterocycles. The zero-order chi connectivity index (χ0) is 24.3. The number of ether oxygens (including phenoxy) is 1. The van der Waals surface area contributed by atoms with Gasteiger partial charge in [-0.15, -0.1) is 0 Å². The summed E-state index contributed by atoms with van der Waals surface area (Å²) in [6.07, 6.45) is -2.47. The standard InChI is InChI=1S/C10H14N5O14P3.Na/c11-10-13-8-7(9(18)14-10)12-4-15(8)6(2-17)27-5(1-16)3-26-31(22,23)29-32(24,25)28-30(19,20)21;/h1-2,4-6H,3H2,(H,22,23)(H,24,25)(H2,19,20,21)(H3,11,13,14,18);/q;+1/p-1. The molecule has 0 aromatic carbocycles. The number of nitrogens with one attached hydrogen (secondary N) is 1. The number of aromatic amines is 1. The van der Waals surface area contributed by atoms with Crippen LogP contribution in [0, 0.1) is 0 Å². The first-order chi connectivity index (χ1) is 14.7. The number of nitrogen functional groups attached to an aromatic ring is 1. The number of carbonyl (C=O) groups excluding carboxylic acids is 2. The molecule has 0 fully saturated rings. The van der Waals surface area contributed by atoms with Gasteiger partial charge in [-0.25, -0.2) is 18.4 Å². The summed E-state index contributed by atoms with van der Waals surface area (Å²) in [5, 5.41) is 0. The van der Waals surface area contributed by atoms with Crippen LogP contribution in [-0.4, -0.2) is 59.5 Å². The van der Waals surface area contributed by atoms with Gasteiger partial charge in [-0.05, 0) is 0 Å². The van der Waals surface area contributed by atoms with Crippen LogP contribution in [0.25, 0.3) is 11.2 Å². The Labute approximate surface area is 204 Å². The zero-order valence-electron chi connectivity index (χ0n) is 16.2. The molecule has 33 heavy (non-hydrogen) atoms. The van der Waals surface area contributed by atoms with Crippen molar-refractivity contribution in [3.8, 4) is 0 Å². The normalized spacial score (nSPS) is 17.3. The number of imidazole rings is 1. The van der Waals surface area contributed by atoms with Crippen molar-refractivity contribution in [1.82, 2.24) is 19.5 Å². The van der Waals surface area contributed by atoms with Gasteiger partial charge in [0.2, 0.25) is 5.95 Å². The van der Waals surface area contributed by atoms with Gasteiger partial charge >= 0.3 is 45.2 Å². The molecule has 2 rings (SSSR count). The van der Waals surface area contributed by atoms with Gasteiger partial charge in [0.25, 0.3) is 13.4 Å². The van der Waals surface area contributed by atoms with Crippen molar-refractivity contribution in [3.05, 3.63) is 16.7 Å². The molecule has 2 aromatic heterocycles. The number of carbonyl (C=O) groups is 2. The molecule has 178 valence electrons.